The molecule has 200 valence electrons. The quantitative estimate of drug-likeness (QED) is 0.0529. The maximum Gasteiger partial charge on any atom is 1.00 e. The Bertz CT molecular complexity index is 485. The van der Waals surface area contributed by atoms with E-state index in [2.05, 4.69) is 18.0 Å². The van der Waals surface area contributed by atoms with Crippen LogP contribution in [-0.4, -0.2) is 19.6 Å². The van der Waals surface area contributed by atoms with E-state index >= 15 is 0 Å². The summed E-state index contributed by atoms with van der Waals surface area (Å²) in [7, 11) is -4.57. The summed E-state index contributed by atoms with van der Waals surface area (Å²) in [6, 6.07) is 0. The molecule has 1 unspecified atom stereocenters. The Labute approximate surface area is 256 Å². The summed E-state index contributed by atoms with van der Waals surface area (Å²) in [5, 5.41) is 0. The van der Waals surface area contributed by atoms with Crippen molar-refractivity contribution < 1.29 is 68.5 Å². The van der Waals surface area contributed by atoms with Crippen LogP contribution in [0.4, 0.5) is 0 Å². The molecule has 0 aliphatic heterocycles. The first-order valence-corrected chi connectivity index (χ1v) is 15.9. The smallest absolute Gasteiger partial charge is 0.726 e. The van der Waals surface area contributed by atoms with E-state index in [4.69, 9.17) is 0 Å². The molecule has 0 spiro atoms. The molecule has 0 radical (unpaired) electrons. The van der Waals surface area contributed by atoms with Gasteiger partial charge in [-0.15, -0.1) is 0 Å². The molecule has 6 heteroatoms. The van der Waals surface area contributed by atoms with Crippen LogP contribution in [0.1, 0.15) is 168 Å². The molecule has 0 aliphatic rings. The molecular weight excluding hydrogens is 471 g/mol. The summed E-state index contributed by atoms with van der Waals surface area (Å²) in [6.45, 7) is 4.55. The number of hydrogen-bond donors (Lipinski definition) is 0. The minimum atomic E-state index is -4.57. The van der Waals surface area contributed by atoms with E-state index in [1.165, 1.54) is 128 Å². The largest absolute Gasteiger partial charge is 1.00 e. The SMILES string of the molecule is CCCCCCCCCCCCCCCCCCCC(CCCCCCC)COS(=O)(=O)[O-].[K+]. The first kappa shape index (κ1) is 37.7. The zero-order chi connectivity index (χ0) is 24.5. The predicted octanol–water partition coefficient (Wildman–Crippen LogP) is 6.49. The summed E-state index contributed by atoms with van der Waals surface area (Å²) in [5.74, 6) is 0.201. The fraction of sp³-hybridized carbons (Fsp3) is 1.00. The topological polar surface area (TPSA) is 66.4 Å². The van der Waals surface area contributed by atoms with Crippen molar-refractivity contribution in [2.24, 2.45) is 5.92 Å². The Morgan fingerprint density at radius 3 is 1.06 bits per heavy atom. The van der Waals surface area contributed by atoms with E-state index in [9.17, 15) is 13.0 Å². The van der Waals surface area contributed by atoms with E-state index in [1.807, 2.05) is 0 Å². The normalized spacial score (nSPS) is 12.6. The number of hydrogen-bond acceptors (Lipinski definition) is 4. The summed E-state index contributed by atoms with van der Waals surface area (Å²) < 4.78 is 37.0. The Morgan fingerprint density at radius 1 is 0.529 bits per heavy atom. The first-order chi connectivity index (χ1) is 16.0. The van der Waals surface area contributed by atoms with Crippen LogP contribution in [0.5, 0.6) is 0 Å². The van der Waals surface area contributed by atoms with Crippen LogP contribution < -0.4 is 51.4 Å². The van der Waals surface area contributed by atoms with Crippen molar-refractivity contribution >= 4 is 10.4 Å². The summed E-state index contributed by atoms with van der Waals surface area (Å²) in [5.41, 5.74) is 0. The number of unbranched alkanes of at least 4 members (excludes halogenated alkanes) is 20. The van der Waals surface area contributed by atoms with E-state index in [0.29, 0.717) is 0 Å². The van der Waals surface area contributed by atoms with Crippen LogP contribution in [0.25, 0.3) is 0 Å². The fourth-order valence-electron chi connectivity index (χ4n) is 4.69. The monoisotopic (exact) mass is 528 g/mol. The number of rotatable bonds is 27. The Hall–Kier alpha value is 1.51. The van der Waals surface area contributed by atoms with Gasteiger partial charge < -0.3 is 4.55 Å². The van der Waals surface area contributed by atoms with Crippen LogP contribution >= 0.6 is 0 Å². The summed E-state index contributed by atoms with van der Waals surface area (Å²) in [4.78, 5) is 0. The molecule has 0 aromatic heterocycles. The standard InChI is InChI=1S/C28H58O4S.K/c1-3-5-7-9-10-11-12-13-14-15-16-17-18-19-20-22-24-26-28(27-32-33(29,30)31)25-23-21-8-6-4-2;/h28H,3-27H2,1-2H3,(H,29,30,31);/q;+1/p-1. The van der Waals surface area contributed by atoms with Crippen LogP contribution in [0, 0.1) is 5.92 Å². The van der Waals surface area contributed by atoms with Crippen molar-refractivity contribution in [3.8, 4) is 0 Å². The summed E-state index contributed by atoms with van der Waals surface area (Å²) in [6.07, 6.45) is 31.1. The van der Waals surface area contributed by atoms with Crippen molar-refractivity contribution in [1.82, 2.24) is 0 Å². The van der Waals surface area contributed by atoms with E-state index < -0.39 is 10.4 Å². The van der Waals surface area contributed by atoms with E-state index in [1.54, 1.807) is 0 Å². The van der Waals surface area contributed by atoms with Crippen LogP contribution in [0.3, 0.4) is 0 Å². The van der Waals surface area contributed by atoms with E-state index in [0.717, 1.165) is 25.7 Å². The van der Waals surface area contributed by atoms with Gasteiger partial charge in [0.2, 0.25) is 10.4 Å². The molecule has 1 atom stereocenters. The summed E-state index contributed by atoms with van der Waals surface area (Å²) >= 11 is 0. The van der Waals surface area contributed by atoms with Gasteiger partial charge in [0.25, 0.3) is 0 Å². The second-order valence-corrected chi connectivity index (χ2v) is 11.3. The molecule has 0 N–H and O–H groups in total. The van der Waals surface area contributed by atoms with Gasteiger partial charge in [0.15, 0.2) is 0 Å². The molecule has 0 rings (SSSR count). The third-order valence-electron chi connectivity index (χ3n) is 6.88. The first-order valence-electron chi connectivity index (χ1n) is 14.6. The predicted molar refractivity (Wildman–Crippen MR) is 141 cm³/mol. The van der Waals surface area contributed by atoms with E-state index in [-0.39, 0.29) is 63.9 Å². The van der Waals surface area contributed by atoms with Crippen molar-refractivity contribution in [3.63, 3.8) is 0 Å². The van der Waals surface area contributed by atoms with Crippen molar-refractivity contribution in [3.05, 3.63) is 0 Å². The van der Waals surface area contributed by atoms with Gasteiger partial charge in [-0.05, 0) is 18.8 Å². The van der Waals surface area contributed by atoms with Gasteiger partial charge in [0.05, 0.1) is 6.61 Å². The van der Waals surface area contributed by atoms with Crippen LogP contribution in [0.2, 0.25) is 0 Å². The molecule has 0 heterocycles. The molecule has 4 nitrogen and oxygen atoms in total. The van der Waals surface area contributed by atoms with Gasteiger partial charge in [0.1, 0.15) is 0 Å². The minimum Gasteiger partial charge on any atom is -0.726 e. The zero-order valence-electron chi connectivity index (χ0n) is 23.3. The Morgan fingerprint density at radius 2 is 0.794 bits per heavy atom. The molecule has 0 bridgehead atoms. The third kappa shape index (κ3) is 31.5. The molecule has 0 saturated heterocycles. The molecule has 34 heavy (non-hydrogen) atoms. The van der Waals surface area contributed by atoms with Gasteiger partial charge in [0, 0.05) is 0 Å². The Kier molecular flexibility index (Phi) is 32.2. The molecule has 0 aromatic carbocycles. The molecule has 0 amide bonds. The van der Waals surface area contributed by atoms with Crippen LogP contribution in [-0.2, 0) is 14.6 Å². The molecule has 0 saturated carbocycles. The van der Waals surface area contributed by atoms with Gasteiger partial charge >= 0.3 is 51.4 Å². The molecule has 0 aromatic rings. The van der Waals surface area contributed by atoms with Gasteiger partial charge in [-0.25, -0.2) is 8.42 Å². The van der Waals surface area contributed by atoms with Crippen molar-refractivity contribution in [2.75, 3.05) is 6.61 Å². The average molecular weight is 529 g/mol. The molecule has 0 aliphatic carbocycles. The maximum absolute atomic E-state index is 10.8. The Balaban J connectivity index is 0. The third-order valence-corrected chi connectivity index (χ3v) is 7.30. The second-order valence-electron chi connectivity index (χ2n) is 10.2. The van der Waals surface area contributed by atoms with Crippen molar-refractivity contribution in [2.45, 2.75) is 168 Å². The van der Waals surface area contributed by atoms with Crippen LogP contribution in [0.15, 0.2) is 0 Å². The molecule has 0 fully saturated rings. The maximum atomic E-state index is 10.8. The zero-order valence-corrected chi connectivity index (χ0v) is 27.2. The second kappa shape index (κ2) is 29.1. The van der Waals surface area contributed by atoms with Gasteiger partial charge in [-0.2, -0.15) is 0 Å². The van der Waals surface area contributed by atoms with Gasteiger partial charge in [-0.1, -0.05) is 155 Å². The fourth-order valence-corrected chi connectivity index (χ4v) is 5.04. The average Bonchev–Trinajstić information content (AvgIpc) is 2.78. The van der Waals surface area contributed by atoms with Gasteiger partial charge in [-0.3, -0.25) is 4.18 Å². The minimum absolute atomic E-state index is 0. The van der Waals surface area contributed by atoms with Crippen molar-refractivity contribution in [1.29, 1.82) is 0 Å². The molecular formula is C28H57KO4S.